The molecule has 0 atom stereocenters. The molecule has 0 bridgehead atoms. The summed E-state index contributed by atoms with van der Waals surface area (Å²) < 4.78 is 5.55. The van der Waals surface area contributed by atoms with Crippen LogP contribution in [-0.2, 0) is 0 Å². The molecule has 0 aliphatic carbocycles. The Morgan fingerprint density at radius 2 is 1.85 bits per heavy atom. The summed E-state index contributed by atoms with van der Waals surface area (Å²) in [5.41, 5.74) is 0.475. The monoisotopic (exact) mass is 272 g/mol. The van der Waals surface area contributed by atoms with Gasteiger partial charge in [-0.1, -0.05) is 6.07 Å². The summed E-state index contributed by atoms with van der Waals surface area (Å²) in [6.07, 6.45) is 0. The highest BCUT2D eigenvalue weighted by Gasteiger charge is 2.07. The summed E-state index contributed by atoms with van der Waals surface area (Å²) in [7, 11) is 1.55. The van der Waals surface area contributed by atoms with E-state index in [9.17, 15) is 14.9 Å². The topological polar surface area (TPSA) is 81.5 Å². The molecule has 2 rings (SSSR count). The highest BCUT2D eigenvalue weighted by molar-refractivity contribution is 5.94. The first-order chi connectivity index (χ1) is 9.60. The lowest BCUT2D eigenvalue weighted by Crippen LogP contribution is -2.17. The Hall–Kier alpha value is -2.89. The maximum atomic E-state index is 11.5. The molecule has 2 aromatic carbocycles. The molecule has 0 spiro atoms. The SMILES string of the molecule is CNC(=O)c1cccc(Oc2ccc([N+](=O)[O-])cc2)c1. The fourth-order valence-electron chi connectivity index (χ4n) is 1.62. The second-order valence-electron chi connectivity index (χ2n) is 3.96. The van der Waals surface area contributed by atoms with Crippen LogP contribution in [-0.4, -0.2) is 17.9 Å². The smallest absolute Gasteiger partial charge is 0.269 e. The van der Waals surface area contributed by atoms with Crippen molar-refractivity contribution in [3.05, 3.63) is 64.2 Å². The van der Waals surface area contributed by atoms with Gasteiger partial charge in [-0.3, -0.25) is 14.9 Å². The number of hydrogen-bond acceptors (Lipinski definition) is 4. The van der Waals surface area contributed by atoms with Crippen molar-refractivity contribution in [2.24, 2.45) is 0 Å². The van der Waals surface area contributed by atoms with Crippen molar-refractivity contribution in [2.45, 2.75) is 0 Å². The molecule has 1 amide bonds. The maximum absolute atomic E-state index is 11.5. The van der Waals surface area contributed by atoms with Crippen molar-refractivity contribution in [2.75, 3.05) is 7.05 Å². The van der Waals surface area contributed by atoms with E-state index in [1.54, 1.807) is 31.3 Å². The molecule has 0 saturated heterocycles. The molecule has 1 N–H and O–H groups in total. The van der Waals surface area contributed by atoms with Gasteiger partial charge >= 0.3 is 0 Å². The summed E-state index contributed by atoms with van der Waals surface area (Å²) in [4.78, 5) is 21.6. The minimum atomic E-state index is -0.476. The fraction of sp³-hybridized carbons (Fsp3) is 0.0714. The van der Waals surface area contributed by atoms with Crippen LogP contribution in [0.25, 0.3) is 0 Å². The average molecular weight is 272 g/mol. The number of hydrogen-bond donors (Lipinski definition) is 1. The van der Waals surface area contributed by atoms with E-state index in [1.165, 1.54) is 24.3 Å². The standard InChI is InChI=1S/C14H12N2O4/c1-15-14(17)10-3-2-4-13(9-10)20-12-7-5-11(6-8-12)16(18)19/h2-9H,1H3,(H,15,17). The van der Waals surface area contributed by atoms with E-state index in [-0.39, 0.29) is 11.6 Å². The average Bonchev–Trinajstić information content (AvgIpc) is 2.47. The molecule has 102 valence electrons. The van der Waals surface area contributed by atoms with Gasteiger partial charge in [0.1, 0.15) is 11.5 Å². The molecule has 6 heteroatoms. The van der Waals surface area contributed by atoms with Gasteiger partial charge in [0, 0.05) is 24.7 Å². The highest BCUT2D eigenvalue weighted by Crippen LogP contribution is 2.24. The van der Waals surface area contributed by atoms with Gasteiger partial charge in [-0.05, 0) is 30.3 Å². The van der Waals surface area contributed by atoms with Crippen molar-refractivity contribution in [1.82, 2.24) is 5.32 Å². The molecule has 0 aromatic heterocycles. The summed E-state index contributed by atoms with van der Waals surface area (Å²) >= 11 is 0. The van der Waals surface area contributed by atoms with E-state index < -0.39 is 4.92 Å². The second kappa shape index (κ2) is 5.83. The number of carbonyl (C=O) groups excluding carboxylic acids is 1. The van der Waals surface area contributed by atoms with E-state index in [4.69, 9.17) is 4.74 Å². The number of amides is 1. The van der Waals surface area contributed by atoms with Crippen molar-refractivity contribution >= 4 is 11.6 Å². The molecule has 20 heavy (non-hydrogen) atoms. The third kappa shape index (κ3) is 3.11. The van der Waals surface area contributed by atoms with Crippen molar-refractivity contribution in [3.63, 3.8) is 0 Å². The number of nitro benzene ring substituents is 1. The minimum Gasteiger partial charge on any atom is -0.457 e. The van der Waals surface area contributed by atoms with Crippen LogP contribution < -0.4 is 10.1 Å². The van der Waals surface area contributed by atoms with E-state index in [0.29, 0.717) is 17.1 Å². The van der Waals surface area contributed by atoms with Crippen LogP contribution in [0.4, 0.5) is 5.69 Å². The zero-order chi connectivity index (χ0) is 14.5. The van der Waals surface area contributed by atoms with Gasteiger partial charge in [0.05, 0.1) is 4.92 Å². The molecular formula is C14H12N2O4. The van der Waals surface area contributed by atoms with E-state index in [0.717, 1.165) is 0 Å². The molecule has 0 radical (unpaired) electrons. The normalized spacial score (nSPS) is 9.85. The molecule has 2 aromatic rings. The molecule has 0 saturated carbocycles. The van der Waals surface area contributed by atoms with Gasteiger partial charge < -0.3 is 10.1 Å². The minimum absolute atomic E-state index is 0.00328. The van der Waals surface area contributed by atoms with Crippen LogP contribution in [0.2, 0.25) is 0 Å². The Labute approximate surface area is 115 Å². The highest BCUT2D eigenvalue weighted by atomic mass is 16.6. The number of nitro groups is 1. The van der Waals surface area contributed by atoms with Gasteiger partial charge in [0.2, 0.25) is 0 Å². The Kier molecular flexibility index (Phi) is 3.95. The van der Waals surface area contributed by atoms with Gasteiger partial charge in [0.25, 0.3) is 11.6 Å². The van der Waals surface area contributed by atoms with E-state index in [1.807, 2.05) is 0 Å². The maximum Gasteiger partial charge on any atom is 0.269 e. The van der Waals surface area contributed by atoms with Crippen molar-refractivity contribution < 1.29 is 14.5 Å². The van der Waals surface area contributed by atoms with Crippen LogP contribution in [0.5, 0.6) is 11.5 Å². The van der Waals surface area contributed by atoms with Crippen LogP contribution in [0.1, 0.15) is 10.4 Å². The van der Waals surface area contributed by atoms with Crippen LogP contribution in [0.15, 0.2) is 48.5 Å². The number of nitrogens with one attached hydrogen (secondary N) is 1. The van der Waals surface area contributed by atoms with Crippen LogP contribution >= 0.6 is 0 Å². The first-order valence-electron chi connectivity index (χ1n) is 5.84. The first kappa shape index (κ1) is 13.5. The summed E-state index contributed by atoms with van der Waals surface area (Å²) in [6, 6.07) is 12.4. The molecule has 0 fully saturated rings. The first-order valence-corrected chi connectivity index (χ1v) is 5.84. The predicted octanol–water partition coefficient (Wildman–Crippen LogP) is 2.75. The van der Waals surface area contributed by atoms with E-state index in [2.05, 4.69) is 5.32 Å². The molecular weight excluding hydrogens is 260 g/mol. The Morgan fingerprint density at radius 3 is 2.45 bits per heavy atom. The number of benzene rings is 2. The summed E-state index contributed by atoms with van der Waals surface area (Å²) in [6.45, 7) is 0. The van der Waals surface area contributed by atoms with Crippen molar-refractivity contribution in [3.8, 4) is 11.5 Å². The van der Waals surface area contributed by atoms with Gasteiger partial charge in [-0.15, -0.1) is 0 Å². The lowest BCUT2D eigenvalue weighted by molar-refractivity contribution is -0.384. The fourth-order valence-corrected chi connectivity index (χ4v) is 1.62. The molecule has 0 heterocycles. The van der Waals surface area contributed by atoms with Crippen molar-refractivity contribution in [1.29, 1.82) is 0 Å². The largest absolute Gasteiger partial charge is 0.457 e. The third-order valence-corrected chi connectivity index (χ3v) is 2.61. The molecule has 0 aliphatic rings. The molecule has 0 aliphatic heterocycles. The van der Waals surface area contributed by atoms with E-state index >= 15 is 0 Å². The van der Waals surface area contributed by atoms with Crippen LogP contribution in [0.3, 0.4) is 0 Å². The summed E-state index contributed by atoms with van der Waals surface area (Å²) in [5, 5.41) is 13.1. The van der Waals surface area contributed by atoms with Crippen LogP contribution in [0, 0.1) is 10.1 Å². The molecule has 6 nitrogen and oxygen atoms in total. The summed E-state index contributed by atoms with van der Waals surface area (Å²) in [5.74, 6) is 0.740. The number of nitrogens with zero attached hydrogens (tertiary/aromatic N) is 1. The third-order valence-electron chi connectivity index (χ3n) is 2.61. The number of non-ortho nitro benzene ring substituents is 1. The lowest BCUT2D eigenvalue weighted by atomic mass is 10.2. The van der Waals surface area contributed by atoms with Gasteiger partial charge in [-0.2, -0.15) is 0 Å². The quantitative estimate of drug-likeness (QED) is 0.685. The lowest BCUT2D eigenvalue weighted by Gasteiger charge is -2.07. The Balaban J connectivity index is 2.17. The van der Waals surface area contributed by atoms with Gasteiger partial charge in [-0.25, -0.2) is 0 Å². The Bertz CT molecular complexity index is 638. The zero-order valence-corrected chi connectivity index (χ0v) is 10.7. The second-order valence-corrected chi connectivity index (χ2v) is 3.96. The Morgan fingerprint density at radius 1 is 1.15 bits per heavy atom. The number of carbonyl (C=O) groups is 1. The zero-order valence-electron chi connectivity index (χ0n) is 10.7. The number of rotatable bonds is 4. The predicted molar refractivity (Wildman–Crippen MR) is 73.0 cm³/mol. The van der Waals surface area contributed by atoms with Gasteiger partial charge in [0.15, 0.2) is 0 Å². The molecule has 0 unspecified atom stereocenters. The number of ether oxygens (including phenoxy) is 1.